The lowest BCUT2D eigenvalue weighted by molar-refractivity contribution is -2.00. The van der Waals surface area contributed by atoms with Crippen molar-refractivity contribution < 1.29 is 71.6 Å². The Morgan fingerprint density at radius 2 is 0.864 bits per heavy atom. The Morgan fingerprint density at radius 1 is 0.525 bits per heavy atom. The van der Waals surface area contributed by atoms with Gasteiger partial charge >= 0.3 is 0 Å². The number of ether oxygens (including phenoxy) is 1. The first kappa shape index (κ1) is 44.8. The van der Waals surface area contributed by atoms with Crippen LogP contribution in [0.3, 0.4) is 0 Å². The third kappa shape index (κ3) is 11.7. The molecule has 3 heterocycles. The Labute approximate surface area is 348 Å². The summed E-state index contributed by atoms with van der Waals surface area (Å²) in [6, 6.07) is 38.1. The molecule has 0 unspecified atom stereocenters. The van der Waals surface area contributed by atoms with Gasteiger partial charge in [0.25, 0.3) is 0 Å². The maximum Gasteiger partial charge on any atom is 0.209 e. The van der Waals surface area contributed by atoms with E-state index >= 15 is 0 Å². The van der Waals surface area contributed by atoms with Crippen molar-refractivity contribution in [3.8, 4) is 0 Å². The molecule has 3 aliphatic rings. The molecule has 0 aliphatic carbocycles. The van der Waals surface area contributed by atoms with Crippen molar-refractivity contribution in [2.75, 3.05) is 14.1 Å². The predicted molar refractivity (Wildman–Crippen MR) is 205 cm³/mol. The van der Waals surface area contributed by atoms with Gasteiger partial charge in [-0.05, 0) is 63.1 Å². The van der Waals surface area contributed by atoms with E-state index in [1.165, 1.54) is 33.9 Å². The highest BCUT2D eigenvalue weighted by molar-refractivity contribution is 6.04. The second kappa shape index (κ2) is 18.3. The summed E-state index contributed by atoms with van der Waals surface area (Å²) >= 11 is 0. The average Bonchev–Trinajstić information content (AvgIpc) is 3.50. The van der Waals surface area contributed by atoms with Crippen LogP contribution in [0.25, 0.3) is 11.5 Å². The van der Waals surface area contributed by atoms with Gasteiger partial charge in [-0.25, -0.2) is 37.3 Å². The summed E-state index contributed by atoms with van der Waals surface area (Å²) in [5.41, 5.74) is 11.8. The minimum Gasteiger partial charge on any atom is -0.456 e. The third-order valence-corrected chi connectivity index (χ3v) is 10.1. The Bertz CT molecular complexity index is 2240. The first-order chi connectivity index (χ1) is 27.6. The molecule has 0 radical (unpaired) electrons. The van der Waals surface area contributed by atoms with Gasteiger partial charge in [0.15, 0.2) is 11.4 Å². The maximum absolute atomic E-state index is 8.49. The van der Waals surface area contributed by atoms with Gasteiger partial charge in [-0.2, -0.15) is 9.15 Å². The van der Waals surface area contributed by atoms with E-state index in [2.05, 4.69) is 172 Å². The zero-order valence-corrected chi connectivity index (χ0v) is 34.8. The second-order valence-corrected chi connectivity index (χ2v) is 16.3. The van der Waals surface area contributed by atoms with Crippen LogP contribution in [0.4, 0.5) is 11.4 Å². The minimum absolute atomic E-state index is 0.111. The molecular weight excluding hydrogens is 795 g/mol. The number of fused-ring (bicyclic) bond motifs is 2. The molecule has 59 heavy (non-hydrogen) atoms. The highest BCUT2D eigenvalue weighted by Crippen LogP contribution is 2.40. The van der Waals surface area contributed by atoms with E-state index in [4.69, 9.17) is 42.0 Å². The smallest absolute Gasteiger partial charge is 0.209 e. The van der Waals surface area contributed by atoms with Gasteiger partial charge < -0.3 is 4.74 Å². The van der Waals surface area contributed by atoms with E-state index in [0.717, 1.165) is 33.8 Å². The molecule has 13 heteroatoms. The van der Waals surface area contributed by atoms with Crippen molar-refractivity contribution in [1.29, 1.82) is 0 Å². The Kier molecular flexibility index (Phi) is 13.9. The number of hydrogen-bond donors (Lipinski definition) is 0. The number of para-hydroxylation sites is 2. The van der Waals surface area contributed by atoms with Gasteiger partial charge in [0.2, 0.25) is 11.4 Å². The van der Waals surface area contributed by atoms with Gasteiger partial charge in [0.05, 0.1) is 10.8 Å². The second-order valence-electron chi connectivity index (χ2n) is 14.8. The Morgan fingerprint density at radius 3 is 1.22 bits per heavy atom. The fourth-order valence-electron chi connectivity index (χ4n) is 7.42. The zero-order chi connectivity index (χ0) is 43.2. The lowest BCUT2D eigenvalue weighted by Gasteiger charge is -2.19. The number of halogens is 2. The molecule has 0 N–H and O–H groups in total. The van der Waals surface area contributed by atoms with Gasteiger partial charge in [-0.15, -0.1) is 20.5 Å². The van der Waals surface area contributed by atoms with Crippen LogP contribution in [0, 0.1) is 20.5 Å². The molecule has 0 saturated carbocycles. The first-order valence-corrected chi connectivity index (χ1v) is 20.8. The molecule has 0 fully saturated rings. The summed E-state index contributed by atoms with van der Waals surface area (Å²) < 4.78 is 79.1. The highest BCUT2D eigenvalue weighted by atomic mass is 35.7. The van der Waals surface area contributed by atoms with Crippen LogP contribution in [0.1, 0.15) is 49.9 Å². The monoisotopic (exact) mass is 838 g/mol. The van der Waals surface area contributed by atoms with E-state index in [9.17, 15) is 0 Å². The van der Waals surface area contributed by atoms with Gasteiger partial charge in [-0.3, -0.25) is 0 Å². The maximum atomic E-state index is 8.49. The number of allylic oxidation sites excluding steroid dienone is 10. The first-order valence-electron chi connectivity index (χ1n) is 18.3. The van der Waals surface area contributed by atoms with Crippen molar-refractivity contribution in [3.63, 3.8) is 0 Å². The van der Waals surface area contributed by atoms with E-state index in [0.29, 0.717) is 0 Å². The topological polar surface area (TPSA) is 200 Å². The van der Waals surface area contributed by atoms with Crippen molar-refractivity contribution in [2.45, 2.75) is 38.5 Å². The highest BCUT2D eigenvalue weighted by Gasteiger charge is 2.43. The number of nitrogens with zero attached hydrogens (tertiary/aromatic N) is 2. The minimum atomic E-state index is -4.94. The summed E-state index contributed by atoms with van der Waals surface area (Å²) in [5.74, 6) is 1.67. The van der Waals surface area contributed by atoms with Crippen molar-refractivity contribution in [2.24, 2.45) is 0 Å². The standard InChI is InChI=1S/C46H44N2O.2ClHO4/c1-45(2)37-21-13-15-23-39(37)47(5)43(45)29-27-33(28-30-44-46(3,4)38-22-14-16-24-40(38)48(44)6)25-26-34-31-41(35-17-9-7-10-18-35)49-42(32-34)36-19-11-8-12-20-36;2*2-1(3,4)5/h7-32H,1-6H3;2*(H,2,3,4,5)/q+2;;/p-2/b29-27+,30-28+;;. The average molecular weight is 840 g/mol. The van der Waals surface area contributed by atoms with Gasteiger partial charge in [0, 0.05) is 46.5 Å². The van der Waals surface area contributed by atoms with Gasteiger partial charge in [0.1, 0.15) is 25.6 Å². The number of rotatable bonds is 7. The van der Waals surface area contributed by atoms with Crippen LogP contribution in [0.2, 0.25) is 0 Å². The van der Waals surface area contributed by atoms with E-state index < -0.39 is 20.5 Å². The Balaban J connectivity index is 0.000000593. The summed E-state index contributed by atoms with van der Waals surface area (Å²) in [6.45, 7) is 9.25. The molecule has 306 valence electrons. The van der Waals surface area contributed by atoms with Crippen molar-refractivity contribution in [3.05, 3.63) is 191 Å². The van der Waals surface area contributed by atoms with Crippen LogP contribution in [0.15, 0.2) is 169 Å². The lowest BCUT2D eigenvalue weighted by atomic mass is 9.81. The van der Waals surface area contributed by atoms with Crippen LogP contribution in [-0.4, -0.2) is 34.7 Å². The largest absolute Gasteiger partial charge is 0.456 e. The molecule has 4 aromatic rings. The molecule has 7 rings (SSSR count). The molecule has 4 aromatic carbocycles. The molecule has 0 spiro atoms. The van der Waals surface area contributed by atoms with E-state index in [1.807, 2.05) is 36.4 Å². The van der Waals surface area contributed by atoms with Gasteiger partial charge in [-0.1, -0.05) is 109 Å². The molecule has 0 aromatic heterocycles. The van der Waals surface area contributed by atoms with Crippen LogP contribution < -0.4 is 37.3 Å². The summed E-state index contributed by atoms with van der Waals surface area (Å²) in [6.07, 6.45) is 17.8. The summed E-state index contributed by atoms with van der Waals surface area (Å²) in [7, 11) is -5.54. The van der Waals surface area contributed by atoms with Crippen molar-refractivity contribution in [1.82, 2.24) is 0 Å². The summed E-state index contributed by atoms with van der Waals surface area (Å²) in [5, 5.41) is 0. The molecule has 0 saturated heterocycles. The summed E-state index contributed by atoms with van der Waals surface area (Å²) in [4.78, 5) is 0. The van der Waals surface area contributed by atoms with Crippen LogP contribution >= 0.6 is 0 Å². The SMILES string of the molecule is C[N+]1=C(/C=C/C(=CC=C2C=C(c3ccccc3)OC(c3ccccc3)=C2)/C=C/C2=[N+](C)c3ccccc3C2(C)C)C(C)(C)c2ccccc21.[O-][Cl+3]([O-])([O-])[O-].[O-][Cl+3]([O-])([O-])[O-]. The third-order valence-electron chi connectivity index (χ3n) is 10.1. The quantitative estimate of drug-likeness (QED) is 0.192. The zero-order valence-electron chi connectivity index (χ0n) is 33.3. The van der Waals surface area contributed by atoms with Crippen LogP contribution in [-0.2, 0) is 15.6 Å². The molecule has 0 amide bonds. The Hall–Kier alpha value is -5.28. The number of hydrogen-bond acceptors (Lipinski definition) is 9. The fraction of sp³-hybridized carbons (Fsp3) is 0.174. The fourth-order valence-corrected chi connectivity index (χ4v) is 7.42. The van der Waals surface area contributed by atoms with Crippen molar-refractivity contribution >= 4 is 34.3 Å². The van der Waals surface area contributed by atoms with Crippen LogP contribution in [0.5, 0.6) is 0 Å². The molecule has 0 atom stereocenters. The lowest BCUT2D eigenvalue weighted by Crippen LogP contribution is -2.68. The normalized spacial score (nSPS) is 16.6. The van der Waals surface area contributed by atoms with E-state index in [-0.39, 0.29) is 10.8 Å². The number of benzene rings is 4. The molecule has 11 nitrogen and oxygen atoms in total. The molecule has 3 aliphatic heterocycles. The molecule has 0 bridgehead atoms. The van der Waals surface area contributed by atoms with E-state index in [1.54, 1.807) is 0 Å². The molecular formula is C46H44Cl2N2O9. The predicted octanol–water partition coefficient (Wildman–Crippen LogP) is 0.964.